The fraction of sp³-hybridized carbons (Fsp3) is 0.769. The molecule has 102 valence electrons. The Hall–Kier alpha value is -0.490. The van der Waals surface area contributed by atoms with Crippen molar-refractivity contribution in [1.29, 1.82) is 0 Å². The normalized spacial score (nSPS) is 18.3. The molecule has 1 aromatic rings. The minimum Gasteiger partial charge on any atom is -0.330 e. The van der Waals surface area contributed by atoms with Crippen LogP contribution in [-0.2, 0) is 12.8 Å². The molecule has 18 heavy (non-hydrogen) atoms. The van der Waals surface area contributed by atoms with E-state index in [4.69, 9.17) is 5.73 Å². The topological polar surface area (TPSA) is 45.4 Å². The van der Waals surface area contributed by atoms with Crippen LogP contribution in [0.4, 0.5) is 0 Å². The van der Waals surface area contributed by atoms with Crippen LogP contribution in [0.3, 0.4) is 0 Å². The van der Waals surface area contributed by atoms with Gasteiger partial charge in [0.2, 0.25) is 0 Å². The SMILES string of the molecule is CN1CCN(CCc2nc(CCCN)cs2)CC1. The van der Waals surface area contributed by atoms with E-state index in [0.29, 0.717) is 0 Å². The largest absolute Gasteiger partial charge is 0.330 e. The molecular formula is C13H24N4S. The lowest BCUT2D eigenvalue weighted by Crippen LogP contribution is -2.45. The number of rotatable bonds is 6. The number of hydrogen-bond acceptors (Lipinski definition) is 5. The van der Waals surface area contributed by atoms with Crippen LogP contribution in [-0.4, -0.2) is 61.1 Å². The lowest BCUT2D eigenvalue weighted by atomic mass is 10.2. The Morgan fingerprint density at radius 2 is 2.06 bits per heavy atom. The number of aryl methyl sites for hydroxylation is 1. The van der Waals surface area contributed by atoms with E-state index in [1.165, 1.54) is 36.9 Å². The van der Waals surface area contributed by atoms with Crippen molar-refractivity contribution in [1.82, 2.24) is 14.8 Å². The average molecular weight is 268 g/mol. The van der Waals surface area contributed by atoms with Crippen molar-refractivity contribution in [2.24, 2.45) is 5.73 Å². The quantitative estimate of drug-likeness (QED) is 0.830. The first-order valence-electron chi connectivity index (χ1n) is 6.82. The molecule has 2 heterocycles. The third kappa shape index (κ3) is 4.31. The van der Waals surface area contributed by atoms with E-state index in [1.807, 2.05) is 0 Å². The van der Waals surface area contributed by atoms with Crippen molar-refractivity contribution in [2.75, 3.05) is 46.3 Å². The summed E-state index contributed by atoms with van der Waals surface area (Å²) >= 11 is 1.80. The molecule has 0 unspecified atom stereocenters. The predicted octanol–water partition coefficient (Wildman–Crippen LogP) is 0.824. The third-order valence-electron chi connectivity index (χ3n) is 3.47. The van der Waals surface area contributed by atoms with Gasteiger partial charge in [0.25, 0.3) is 0 Å². The van der Waals surface area contributed by atoms with Gasteiger partial charge in [0, 0.05) is 44.5 Å². The van der Waals surface area contributed by atoms with Crippen LogP contribution in [0.1, 0.15) is 17.1 Å². The summed E-state index contributed by atoms with van der Waals surface area (Å²) in [5, 5.41) is 3.47. The van der Waals surface area contributed by atoms with Crippen molar-refractivity contribution in [2.45, 2.75) is 19.3 Å². The van der Waals surface area contributed by atoms with Gasteiger partial charge < -0.3 is 15.5 Å². The Bertz CT molecular complexity index is 345. The van der Waals surface area contributed by atoms with Crippen molar-refractivity contribution >= 4 is 11.3 Å². The molecule has 1 aliphatic heterocycles. The lowest BCUT2D eigenvalue weighted by molar-refractivity contribution is 0.155. The van der Waals surface area contributed by atoms with E-state index < -0.39 is 0 Å². The van der Waals surface area contributed by atoms with Gasteiger partial charge in [-0.1, -0.05) is 0 Å². The maximum Gasteiger partial charge on any atom is 0.0941 e. The van der Waals surface area contributed by atoms with Gasteiger partial charge in [-0.3, -0.25) is 0 Å². The standard InChI is InChI=1S/C13H24N4S/c1-16-7-9-17(10-8-16)6-4-13-15-12(11-18-13)3-2-5-14/h11H,2-10,14H2,1H3. The molecule has 2 rings (SSSR count). The lowest BCUT2D eigenvalue weighted by Gasteiger charge is -2.32. The summed E-state index contributed by atoms with van der Waals surface area (Å²) in [6, 6.07) is 0. The second-order valence-electron chi connectivity index (χ2n) is 5.02. The summed E-state index contributed by atoms with van der Waals surface area (Å²) < 4.78 is 0. The highest BCUT2D eigenvalue weighted by Crippen LogP contribution is 2.12. The first-order valence-corrected chi connectivity index (χ1v) is 7.70. The van der Waals surface area contributed by atoms with Gasteiger partial charge in [0.05, 0.1) is 10.7 Å². The molecule has 1 saturated heterocycles. The van der Waals surface area contributed by atoms with Gasteiger partial charge in [-0.15, -0.1) is 11.3 Å². The second kappa shape index (κ2) is 7.19. The van der Waals surface area contributed by atoms with Gasteiger partial charge in [0.15, 0.2) is 0 Å². The smallest absolute Gasteiger partial charge is 0.0941 e. The van der Waals surface area contributed by atoms with Gasteiger partial charge >= 0.3 is 0 Å². The van der Waals surface area contributed by atoms with Crippen LogP contribution in [0.2, 0.25) is 0 Å². The molecule has 0 aromatic carbocycles. The Kier molecular flexibility index (Phi) is 5.56. The van der Waals surface area contributed by atoms with Crippen LogP contribution >= 0.6 is 11.3 Å². The second-order valence-corrected chi connectivity index (χ2v) is 5.96. The number of likely N-dealkylation sites (N-methyl/N-ethyl adjacent to an activating group) is 1. The fourth-order valence-corrected chi connectivity index (χ4v) is 3.01. The summed E-state index contributed by atoms with van der Waals surface area (Å²) in [6.07, 6.45) is 3.17. The fourth-order valence-electron chi connectivity index (χ4n) is 2.19. The number of thiazole rings is 1. The molecule has 5 heteroatoms. The summed E-state index contributed by atoms with van der Waals surface area (Å²) in [7, 11) is 2.20. The predicted molar refractivity (Wildman–Crippen MR) is 77.1 cm³/mol. The molecule has 0 saturated carbocycles. The highest BCUT2D eigenvalue weighted by Gasteiger charge is 2.13. The number of nitrogens with two attached hydrogens (primary N) is 1. The van der Waals surface area contributed by atoms with Crippen LogP contribution in [0.5, 0.6) is 0 Å². The van der Waals surface area contributed by atoms with E-state index in [0.717, 1.165) is 32.4 Å². The Morgan fingerprint density at radius 1 is 1.28 bits per heavy atom. The molecule has 0 radical (unpaired) electrons. The minimum atomic E-state index is 0.758. The minimum absolute atomic E-state index is 0.758. The van der Waals surface area contributed by atoms with E-state index in [9.17, 15) is 0 Å². The van der Waals surface area contributed by atoms with E-state index in [2.05, 4.69) is 27.2 Å². The van der Waals surface area contributed by atoms with Crippen LogP contribution in [0.15, 0.2) is 5.38 Å². The van der Waals surface area contributed by atoms with E-state index in [-0.39, 0.29) is 0 Å². The van der Waals surface area contributed by atoms with Crippen molar-refractivity contribution < 1.29 is 0 Å². The third-order valence-corrected chi connectivity index (χ3v) is 4.43. The van der Waals surface area contributed by atoms with Crippen LogP contribution < -0.4 is 5.73 Å². The van der Waals surface area contributed by atoms with Crippen molar-refractivity contribution in [3.8, 4) is 0 Å². The van der Waals surface area contributed by atoms with Gasteiger partial charge in [-0.05, 0) is 26.4 Å². The molecule has 0 spiro atoms. The zero-order valence-electron chi connectivity index (χ0n) is 11.3. The number of nitrogens with zero attached hydrogens (tertiary/aromatic N) is 3. The zero-order valence-corrected chi connectivity index (χ0v) is 12.1. The molecule has 0 atom stereocenters. The number of aromatic nitrogens is 1. The number of piperazine rings is 1. The summed E-state index contributed by atoms with van der Waals surface area (Å²) in [4.78, 5) is 9.61. The first-order chi connectivity index (χ1) is 8.78. The van der Waals surface area contributed by atoms with Crippen LogP contribution in [0, 0.1) is 0 Å². The molecule has 1 aliphatic rings. The highest BCUT2D eigenvalue weighted by atomic mass is 32.1. The molecule has 0 amide bonds. The Labute approximate surface area is 114 Å². The van der Waals surface area contributed by atoms with Gasteiger partial charge in [0.1, 0.15) is 0 Å². The Morgan fingerprint density at radius 3 is 2.78 bits per heavy atom. The molecule has 4 nitrogen and oxygen atoms in total. The van der Waals surface area contributed by atoms with Crippen molar-refractivity contribution in [3.05, 3.63) is 16.1 Å². The monoisotopic (exact) mass is 268 g/mol. The molecular weight excluding hydrogens is 244 g/mol. The first kappa shape index (κ1) is 13.9. The van der Waals surface area contributed by atoms with Crippen LogP contribution in [0.25, 0.3) is 0 Å². The maximum absolute atomic E-state index is 5.52. The zero-order chi connectivity index (χ0) is 12.8. The molecule has 0 aliphatic carbocycles. The number of hydrogen-bond donors (Lipinski definition) is 1. The van der Waals surface area contributed by atoms with Gasteiger partial charge in [-0.2, -0.15) is 0 Å². The van der Waals surface area contributed by atoms with Crippen molar-refractivity contribution in [3.63, 3.8) is 0 Å². The molecule has 0 bridgehead atoms. The van der Waals surface area contributed by atoms with E-state index >= 15 is 0 Å². The average Bonchev–Trinajstić information content (AvgIpc) is 2.84. The highest BCUT2D eigenvalue weighted by molar-refractivity contribution is 7.09. The summed E-state index contributed by atoms with van der Waals surface area (Å²) in [5.74, 6) is 0. The Balaban J connectivity index is 1.71. The van der Waals surface area contributed by atoms with Gasteiger partial charge in [-0.25, -0.2) is 4.98 Å². The summed E-state index contributed by atoms with van der Waals surface area (Å²) in [6.45, 7) is 6.69. The van der Waals surface area contributed by atoms with E-state index in [1.54, 1.807) is 11.3 Å². The molecule has 1 aromatic heterocycles. The molecule has 1 fully saturated rings. The maximum atomic E-state index is 5.52. The molecule has 2 N–H and O–H groups in total. The summed E-state index contributed by atoms with van der Waals surface area (Å²) in [5.41, 5.74) is 6.74.